The topological polar surface area (TPSA) is 55.1 Å². The molecule has 5 heteroatoms. The van der Waals surface area contributed by atoms with Crippen molar-refractivity contribution in [3.05, 3.63) is 64.1 Å². The van der Waals surface area contributed by atoms with Gasteiger partial charge in [0.2, 0.25) is 5.91 Å². The lowest BCUT2D eigenvalue weighted by molar-refractivity contribution is -0.115. The van der Waals surface area contributed by atoms with Crippen LogP contribution in [-0.2, 0) is 11.2 Å². The highest BCUT2D eigenvalue weighted by Gasteiger charge is 2.05. The fourth-order valence-electron chi connectivity index (χ4n) is 1.74. The van der Waals surface area contributed by atoms with Gasteiger partial charge in [0.25, 0.3) is 0 Å². The molecule has 0 fully saturated rings. The van der Waals surface area contributed by atoms with Crippen molar-refractivity contribution in [2.24, 2.45) is 5.73 Å². The van der Waals surface area contributed by atoms with Gasteiger partial charge in [-0.1, -0.05) is 52.4 Å². The molecular formula is C15H13BrN2OS. The SMILES string of the molecule is NC(=S)c1cccc(NC(=O)Cc2ccc(Br)cc2)c1. The molecule has 0 aromatic heterocycles. The number of nitrogens with two attached hydrogens (primary N) is 1. The molecule has 0 aliphatic carbocycles. The number of thiocarbonyl (C=S) groups is 1. The Hall–Kier alpha value is -1.72. The van der Waals surface area contributed by atoms with Gasteiger partial charge in [0.1, 0.15) is 4.99 Å². The molecule has 20 heavy (non-hydrogen) atoms. The number of rotatable bonds is 4. The van der Waals surface area contributed by atoms with Crippen LogP contribution in [0.3, 0.4) is 0 Å². The van der Waals surface area contributed by atoms with Crippen molar-refractivity contribution in [1.29, 1.82) is 0 Å². The summed E-state index contributed by atoms with van der Waals surface area (Å²) in [5, 5.41) is 2.83. The van der Waals surface area contributed by atoms with Crippen molar-refractivity contribution >= 4 is 44.7 Å². The summed E-state index contributed by atoms with van der Waals surface area (Å²) in [6.07, 6.45) is 0.324. The van der Waals surface area contributed by atoms with Gasteiger partial charge in [-0.2, -0.15) is 0 Å². The Morgan fingerprint density at radius 3 is 2.55 bits per heavy atom. The summed E-state index contributed by atoms with van der Waals surface area (Å²) in [4.78, 5) is 12.3. The molecule has 3 nitrogen and oxygen atoms in total. The number of hydrogen-bond acceptors (Lipinski definition) is 2. The summed E-state index contributed by atoms with van der Waals surface area (Å²) >= 11 is 8.28. The van der Waals surface area contributed by atoms with E-state index in [9.17, 15) is 4.79 Å². The Balaban J connectivity index is 2.02. The first kappa shape index (κ1) is 14.7. The first-order chi connectivity index (χ1) is 9.54. The van der Waals surface area contributed by atoms with E-state index < -0.39 is 0 Å². The molecule has 0 heterocycles. The van der Waals surface area contributed by atoms with Crippen molar-refractivity contribution in [2.75, 3.05) is 5.32 Å². The highest BCUT2D eigenvalue weighted by molar-refractivity contribution is 9.10. The van der Waals surface area contributed by atoms with E-state index in [1.54, 1.807) is 12.1 Å². The zero-order valence-corrected chi connectivity index (χ0v) is 13.0. The molecule has 0 saturated heterocycles. The number of carbonyl (C=O) groups excluding carboxylic acids is 1. The average molecular weight is 349 g/mol. The molecule has 3 N–H and O–H groups in total. The Kier molecular flexibility index (Phi) is 4.87. The molecule has 0 saturated carbocycles. The van der Waals surface area contributed by atoms with Gasteiger partial charge in [-0.05, 0) is 29.8 Å². The fraction of sp³-hybridized carbons (Fsp3) is 0.0667. The van der Waals surface area contributed by atoms with Gasteiger partial charge in [-0.3, -0.25) is 4.79 Å². The van der Waals surface area contributed by atoms with E-state index in [-0.39, 0.29) is 5.91 Å². The van der Waals surface area contributed by atoms with Gasteiger partial charge in [-0.25, -0.2) is 0 Å². The van der Waals surface area contributed by atoms with Crippen molar-refractivity contribution < 1.29 is 4.79 Å². The zero-order chi connectivity index (χ0) is 14.5. The van der Waals surface area contributed by atoms with Crippen LogP contribution in [0.4, 0.5) is 5.69 Å². The number of carbonyl (C=O) groups is 1. The van der Waals surface area contributed by atoms with Crippen LogP contribution in [0.15, 0.2) is 53.0 Å². The highest BCUT2D eigenvalue weighted by atomic mass is 79.9. The van der Waals surface area contributed by atoms with E-state index in [2.05, 4.69) is 21.2 Å². The van der Waals surface area contributed by atoms with Crippen LogP contribution in [0.25, 0.3) is 0 Å². The largest absolute Gasteiger partial charge is 0.389 e. The van der Waals surface area contributed by atoms with Crippen LogP contribution in [0.2, 0.25) is 0 Å². The molecule has 0 unspecified atom stereocenters. The quantitative estimate of drug-likeness (QED) is 0.833. The first-order valence-electron chi connectivity index (χ1n) is 5.99. The van der Waals surface area contributed by atoms with Crippen LogP contribution in [0, 0.1) is 0 Å². The van der Waals surface area contributed by atoms with E-state index in [1.807, 2.05) is 36.4 Å². The second-order valence-electron chi connectivity index (χ2n) is 4.30. The molecule has 2 aromatic carbocycles. The smallest absolute Gasteiger partial charge is 0.228 e. The third-order valence-corrected chi connectivity index (χ3v) is 3.47. The van der Waals surface area contributed by atoms with Crippen molar-refractivity contribution in [3.8, 4) is 0 Å². The summed E-state index contributed by atoms with van der Waals surface area (Å²) in [5.41, 5.74) is 7.95. The second-order valence-corrected chi connectivity index (χ2v) is 5.65. The molecule has 0 aliphatic rings. The molecule has 0 bridgehead atoms. The van der Waals surface area contributed by atoms with E-state index >= 15 is 0 Å². The third-order valence-electron chi connectivity index (χ3n) is 2.71. The van der Waals surface area contributed by atoms with Crippen molar-refractivity contribution in [1.82, 2.24) is 0 Å². The predicted molar refractivity (Wildman–Crippen MR) is 88.8 cm³/mol. The van der Waals surface area contributed by atoms with Crippen LogP contribution < -0.4 is 11.1 Å². The molecule has 0 atom stereocenters. The minimum Gasteiger partial charge on any atom is -0.389 e. The number of anilines is 1. The van der Waals surface area contributed by atoms with Crippen LogP contribution >= 0.6 is 28.1 Å². The van der Waals surface area contributed by atoms with E-state index in [4.69, 9.17) is 18.0 Å². The summed E-state index contributed by atoms with van der Waals surface area (Å²) in [6.45, 7) is 0. The molecule has 0 radical (unpaired) electrons. The van der Waals surface area contributed by atoms with Crippen molar-refractivity contribution in [3.63, 3.8) is 0 Å². The fourth-order valence-corrected chi connectivity index (χ4v) is 2.13. The molecule has 2 aromatic rings. The second kappa shape index (κ2) is 6.63. The highest BCUT2D eigenvalue weighted by Crippen LogP contribution is 2.13. The van der Waals surface area contributed by atoms with Gasteiger partial charge in [-0.15, -0.1) is 0 Å². The summed E-state index contributed by atoms with van der Waals surface area (Å²) in [7, 11) is 0. The monoisotopic (exact) mass is 348 g/mol. The molecule has 1 amide bonds. The number of benzene rings is 2. The summed E-state index contributed by atoms with van der Waals surface area (Å²) in [5.74, 6) is -0.0765. The van der Waals surface area contributed by atoms with Gasteiger partial charge in [0.15, 0.2) is 0 Å². The summed E-state index contributed by atoms with van der Waals surface area (Å²) in [6, 6.07) is 14.8. The normalized spacial score (nSPS) is 10.1. The summed E-state index contributed by atoms with van der Waals surface area (Å²) < 4.78 is 0.991. The first-order valence-corrected chi connectivity index (χ1v) is 7.19. The minimum absolute atomic E-state index is 0.0765. The minimum atomic E-state index is -0.0765. The van der Waals surface area contributed by atoms with Gasteiger partial charge >= 0.3 is 0 Å². The Morgan fingerprint density at radius 2 is 1.90 bits per heavy atom. The lowest BCUT2D eigenvalue weighted by atomic mass is 10.1. The van der Waals surface area contributed by atoms with E-state index in [1.165, 1.54) is 0 Å². The standard InChI is InChI=1S/C15H13BrN2OS/c16-12-6-4-10(5-7-12)8-14(19)18-13-3-1-2-11(9-13)15(17)20/h1-7,9H,8H2,(H2,17,20)(H,18,19). The van der Waals surface area contributed by atoms with Crippen LogP contribution in [0.5, 0.6) is 0 Å². The Bertz CT molecular complexity index is 641. The van der Waals surface area contributed by atoms with Gasteiger partial charge < -0.3 is 11.1 Å². The average Bonchev–Trinajstić information content (AvgIpc) is 2.41. The Morgan fingerprint density at radius 1 is 1.20 bits per heavy atom. The van der Waals surface area contributed by atoms with Gasteiger partial charge in [0, 0.05) is 15.7 Å². The molecule has 0 spiro atoms. The predicted octanol–water partition coefficient (Wildman–Crippen LogP) is 3.26. The van der Waals surface area contributed by atoms with E-state index in [0.29, 0.717) is 17.1 Å². The number of halogens is 1. The number of hydrogen-bond donors (Lipinski definition) is 2. The maximum absolute atomic E-state index is 12.0. The molecular weight excluding hydrogens is 336 g/mol. The van der Waals surface area contributed by atoms with Gasteiger partial charge in [0.05, 0.1) is 6.42 Å². The lowest BCUT2D eigenvalue weighted by Gasteiger charge is -2.07. The Labute approximate surface area is 131 Å². The maximum atomic E-state index is 12.0. The maximum Gasteiger partial charge on any atom is 0.228 e. The number of nitrogens with one attached hydrogen (secondary N) is 1. The molecule has 102 valence electrons. The molecule has 2 rings (SSSR count). The molecule has 0 aliphatic heterocycles. The van der Waals surface area contributed by atoms with Crippen molar-refractivity contribution in [2.45, 2.75) is 6.42 Å². The zero-order valence-electron chi connectivity index (χ0n) is 10.6. The number of amides is 1. The van der Waals surface area contributed by atoms with Crippen LogP contribution in [0.1, 0.15) is 11.1 Å². The van der Waals surface area contributed by atoms with E-state index in [0.717, 1.165) is 15.6 Å². The van der Waals surface area contributed by atoms with Crippen LogP contribution in [-0.4, -0.2) is 10.9 Å². The lowest BCUT2D eigenvalue weighted by Crippen LogP contribution is -2.15. The third kappa shape index (κ3) is 4.15.